The van der Waals surface area contributed by atoms with Gasteiger partial charge in [-0.15, -0.1) is 0 Å². The molecule has 0 aliphatic heterocycles. The van der Waals surface area contributed by atoms with Gasteiger partial charge in [0.15, 0.2) is 0 Å². The van der Waals surface area contributed by atoms with E-state index in [2.05, 4.69) is 22.9 Å². The van der Waals surface area contributed by atoms with E-state index in [1.165, 1.54) is 13.2 Å². The maximum absolute atomic E-state index is 12.2. The quantitative estimate of drug-likeness (QED) is 0.130. The Morgan fingerprint density at radius 2 is 1.52 bits per heavy atom. The third kappa shape index (κ3) is 5.15. The van der Waals surface area contributed by atoms with Gasteiger partial charge in [-0.25, -0.2) is 4.79 Å². The second kappa shape index (κ2) is 10.8. The summed E-state index contributed by atoms with van der Waals surface area (Å²) in [6, 6.07) is 26.2. The normalized spacial score (nSPS) is 10.9. The third-order valence-corrected chi connectivity index (χ3v) is 7.02. The fourth-order valence-corrected chi connectivity index (χ4v) is 5.03. The molecule has 4 aromatic carbocycles. The number of nitrogens with zero attached hydrogens (tertiary/aromatic N) is 1. The molecule has 0 amide bonds. The largest absolute Gasteiger partial charge is 0.497 e. The van der Waals surface area contributed by atoms with E-state index in [1.54, 1.807) is 18.2 Å². The van der Waals surface area contributed by atoms with Gasteiger partial charge >= 0.3 is 5.97 Å². The number of aromatic carboxylic acids is 1. The lowest BCUT2D eigenvalue weighted by atomic mass is 9.93. The molecule has 0 radical (unpaired) electrons. The van der Waals surface area contributed by atoms with Crippen molar-refractivity contribution in [2.45, 2.75) is 13.0 Å². The maximum atomic E-state index is 12.2. The first-order valence-corrected chi connectivity index (χ1v) is 12.6. The molecule has 0 aliphatic carbocycles. The highest BCUT2D eigenvalue weighted by atomic mass is 16.5. The van der Waals surface area contributed by atoms with Crippen molar-refractivity contribution >= 4 is 28.5 Å². The molecule has 1 aromatic heterocycles. The summed E-state index contributed by atoms with van der Waals surface area (Å²) in [6.45, 7) is 0.395. The van der Waals surface area contributed by atoms with E-state index in [9.17, 15) is 9.90 Å². The summed E-state index contributed by atoms with van der Waals surface area (Å²) >= 11 is 0. The summed E-state index contributed by atoms with van der Waals surface area (Å²) in [4.78, 5) is 12.2. The molecule has 0 atom stereocenters. The number of ether oxygens (including phenoxy) is 1. The molecule has 0 bridgehead atoms. The number of aromatic nitrogens is 1. The Bertz CT molecular complexity index is 1770. The number of nitrogen functional groups attached to an aromatic ring is 2. The van der Waals surface area contributed by atoms with Gasteiger partial charge in [-0.2, -0.15) is 0 Å². The SMILES string of the molecule is COc1ccc(-c2ccc(C(=N)N)cc2Cn2cc(Cc3ccccc3)c3cc(C(=N)N)ccc32)c(C(=O)O)c1. The van der Waals surface area contributed by atoms with Crippen LogP contribution in [0.5, 0.6) is 5.75 Å². The standard InChI is InChI=1S/C32H29N5O3/c1-40-24-9-11-26(28(16-24)32(38)39)25-10-7-20(30(33)34)14-23(25)18-37-17-22(13-19-5-3-2-4-6-19)27-15-21(31(35)36)8-12-29(27)37/h2-12,14-17H,13,18H2,1H3,(H3,33,34)(H3,35,36)(H,38,39). The number of nitrogens with two attached hydrogens (primary N) is 2. The van der Waals surface area contributed by atoms with Gasteiger partial charge in [0, 0.05) is 34.8 Å². The molecule has 7 N–H and O–H groups in total. The molecule has 0 saturated heterocycles. The molecule has 0 saturated carbocycles. The van der Waals surface area contributed by atoms with Gasteiger partial charge in [-0.05, 0) is 76.7 Å². The Morgan fingerprint density at radius 1 is 0.850 bits per heavy atom. The zero-order chi connectivity index (χ0) is 28.4. The fraction of sp³-hybridized carbons (Fsp3) is 0.0938. The van der Waals surface area contributed by atoms with Crippen molar-refractivity contribution in [1.29, 1.82) is 10.8 Å². The zero-order valence-corrected chi connectivity index (χ0v) is 21.9. The van der Waals surface area contributed by atoms with Crippen LogP contribution in [0.4, 0.5) is 0 Å². The highest BCUT2D eigenvalue weighted by molar-refractivity contribution is 6.00. The number of fused-ring (bicyclic) bond motifs is 1. The molecule has 0 fully saturated rings. The highest BCUT2D eigenvalue weighted by Crippen LogP contribution is 2.33. The van der Waals surface area contributed by atoms with E-state index in [1.807, 2.05) is 48.5 Å². The van der Waals surface area contributed by atoms with E-state index in [0.717, 1.165) is 33.2 Å². The number of hydrogen-bond donors (Lipinski definition) is 5. The van der Waals surface area contributed by atoms with Crippen LogP contribution in [0.3, 0.4) is 0 Å². The van der Waals surface area contributed by atoms with Gasteiger partial charge in [0.05, 0.1) is 12.7 Å². The number of benzene rings is 4. The van der Waals surface area contributed by atoms with Gasteiger partial charge in [0.2, 0.25) is 0 Å². The monoisotopic (exact) mass is 531 g/mol. The molecule has 0 spiro atoms. The number of nitrogens with one attached hydrogen (secondary N) is 2. The first-order chi connectivity index (χ1) is 19.2. The molecule has 40 heavy (non-hydrogen) atoms. The number of rotatable bonds is 9. The minimum Gasteiger partial charge on any atom is -0.497 e. The molecule has 1 heterocycles. The van der Waals surface area contributed by atoms with E-state index in [4.69, 9.17) is 27.0 Å². The number of carboxylic acids is 1. The average molecular weight is 532 g/mol. The Kier molecular flexibility index (Phi) is 7.07. The van der Waals surface area contributed by atoms with Crippen molar-refractivity contribution in [3.63, 3.8) is 0 Å². The fourth-order valence-electron chi connectivity index (χ4n) is 5.03. The minimum atomic E-state index is -1.07. The summed E-state index contributed by atoms with van der Waals surface area (Å²) in [7, 11) is 1.50. The second-order valence-corrected chi connectivity index (χ2v) is 9.59. The predicted molar refractivity (Wildman–Crippen MR) is 158 cm³/mol. The summed E-state index contributed by atoms with van der Waals surface area (Å²) in [5, 5.41) is 26.9. The van der Waals surface area contributed by atoms with Gasteiger partial charge in [-0.1, -0.05) is 42.5 Å². The Hall–Kier alpha value is -5.37. The lowest BCUT2D eigenvalue weighted by Gasteiger charge is -2.16. The lowest BCUT2D eigenvalue weighted by molar-refractivity contribution is 0.0697. The van der Waals surface area contributed by atoms with Crippen LogP contribution in [-0.2, 0) is 13.0 Å². The molecule has 0 aliphatic rings. The number of amidine groups is 2. The van der Waals surface area contributed by atoms with Crippen molar-refractivity contribution in [3.05, 3.63) is 125 Å². The Labute approximate surface area is 231 Å². The van der Waals surface area contributed by atoms with Crippen molar-refractivity contribution in [1.82, 2.24) is 4.57 Å². The smallest absolute Gasteiger partial charge is 0.336 e. The topological polar surface area (TPSA) is 151 Å². The van der Waals surface area contributed by atoms with Crippen molar-refractivity contribution in [2.75, 3.05) is 7.11 Å². The molecular formula is C32H29N5O3. The lowest BCUT2D eigenvalue weighted by Crippen LogP contribution is -2.13. The third-order valence-electron chi connectivity index (χ3n) is 7.02. The van der Waals surface area contributed by atoms with Crippen LogP contribution in [0.25, 0.3) is 22.0 Å². The van der Waals surface area contributed by atoms with Gasteiger partial charge in [0.1, 0.15) is 17.4 Å². The summed E-state index contributed by atoms with van der Waals surface area (Å²) < 4.78 is 7.36. The Balaban J connectivity index is 1.68. The minimum absolute atomic E-state index is 0.00235. The maximum Gasteiger partial charge on any atom is 0.336 e. The number of hydrogen-bond acceptors (Lipinski definition) is 4. The second-order valence-electron chi connectivity index (χ2n) is 9.59. The summed E-state index contributed by atoms with van der Waals surface area (Å²) in [5.41, 5.74) is 18.2. The molecule has 200 valence electrons. The molecular weight excluding hydrogens is 502 g/mol. The highest BCUT2D eigenvalue weighted by Gasteiger charge is 2.19. The molecule has 0 unspecified atom stereocenters. The number of carboxylic acid groups (broad SMARTS) is 1. The van der Waals surface area contributed by atoms with Gasteiger partial charge < -0.3 is 25.9 Å². The molecule has 8 heteroatoms. The summed E-state index contributed by atoms with van der Waals surface area (Å²) in [5.74, 6) is -0.693. The molecule has 5 rings (SSSR count). The molecule has 8 nitrogen and oxygen atoms in total. The van der Waals surface area contributed by atoms with Crippen LogP contribution in [0.15, 0.2) is 91.1 Å². The molecule has 5 aromatic rings. The Morgan fingerprint density at radius 3 is 2.20 bits per heavy atom. The average Bonchev–Trinajstić information content (AvgIpc) is 3.29. The van der Waals surface area contributed by atoms with E-state index in [0.29, 0.717) is 35.4 Å². The number of methoxy groups -OCH3 is 1. The van der Waals surface area contributed by atoms with Crippen molar-refractivity contribution in [2.24, 2.45) is 11.5 Å². The van der Waals surface area contributed by atoms with Crippen molar-refractivity contribution in [3.8, 4) is 16.9 Å². The number of carbonyl (C=O) groups is 1. The van der Waals surface area contributed by atoms with Crippen LogP contribution in [0, 0.1) is 10.8 Å². The van der Waals surface area contributed by atoms with Crippen LogP contribution in [0.2, 0.25) is 0 Å². The van der Waals surface area contributed by atoms with Crippen LogP contribution >= 0.6 is 0 Å². The van der Waals surface area contributed by atoms with Crippen molar-refractivity contribution < 1.29 is 14.6 Å². The first-order valence-electron chi connectivity index (χ1n) is 12.6. The van der Waals surface area contributed by atoms with E-state index in [-0.39, 0.29) is 17.2 Å². The zero-order valence-electron chi connectivity index (χ0n) is 21.9. The van der Waals surface area contributed by atoms with Gasteiger partial charge in [-0.3, -0.25) is 10.8 Å². The van der Waals surface area contributed by atoms with Gasteiger partial charge in [0.25, 0.3) is 0 Å². The van der Waals surface area contributed by atoms with E-state index >= 15 is 0 Å². The predicted octanol–water partition coefficient (Wildman–Crippen LogP) is 5.22. The van der Waals surface area contributed by atoms with Crippen LogP contribution in [0.1, 0.15) is 38.2 Å². The van der Waals surface area contributed by atoms with Crippen LogP contribution in [-0.4, -0.2) is 34.4 Å². The van der Waals surface area contributed by atoms with Crippen LogP contribution < -0.4 is 16.2 Å². The first kappa shape index (κ1) is 26.2. The van der Waals surface area contributed by atoms with E-state index < -0.39 is 5.97 Å². The summed E-state index contributed by atoms with van der Waals surface area (Å²) in [6.07, 6.45) is 2.77.